The highest BCUT2D eigenvalue weighted by Gasteiger charge is 2.28. The molecule has 6 nitrogen and oxygen atoms in total. The van der Waals surface area contributed by atoms with Crippen LogP contribution in [0, 0.1) is 0 Å². The van der Waals surface area contributed by atoms with E-state index in [1.807, 2.05) is 66.4 Å². The molecule has 30 heavy (non-hydrogen) atoms. The topological polar surface area (TPSA) is 68.4 Å². The lowest BCUT2D eigenvalue weighted by atomic mass is 10.1. The van der Waals surface area contributed by atoms with E-state index < -0.39 is 0 Å². The van der Waals surface area contributed by atoms with Crippen molar-refractivity contribution < 1.29 is 9.59 Å². The number of amides is 2. The van der Waals surface area contributed by atoms with Crippen LogP contribution in [0.4, 0.5) is 5.69 Å². The quantitative estimate of drug-likeness (QED) is 0.684. The Hall–Kier alpha value is -3.12. The Balaban J connectivity index is 1.32. The first-order valence-electron chi connectivity index (χ1n) is 10.6. The highest BCUT2D eigenvalue weighted by Crippen LogP contribution is 2.18. The number of benzene rings is 2. The number of anilines is 1. The molecule has 1 fully saturated rings. The Morgan fingerprint density at radius 1 is 1.03 bits per heavy atom. The second-order valence-electron chi connectivity index (χ2n) is 7.81. The van der Waals surface area contributed by atoms with Crippen molar-refractivity contribution >= 4 is 28.4 Å². The lowest BCUT2D eigenvalue weighted by Gasteiger charge is -2.37. The van der Waals surface area contributed by atoms with E-state index in [-0.39, 0.29) is 17.9 Å². The summed E-state index contributed by atoms with van der Waals surface area (Å²) in [6.45, 7) is 6.60. The van der Waals surface area contributed by atoms with E-state index in [1.54, 1.807) is 0 Å². The molecule has 0 radical (unpaired) electrons. The molecule has 4 rings (SSSR count). The fourth-order valence-corrected chi connectivity index (χ4v) is 3.91. The van der Waals surface area contributed by atoms with Crippen molar-refractivity contribution in [1.82, 2.24) is 14.8 Å². The first-order valence-corrected chi connectivity index (χ1v) is 10.6. The number of aromatic nitrogens is 1. The van der Waals surface area contributed by atoms with Gasteiger partial charge in [-0.1, -0.05) is 37.3 Å². The summed E-state index contributed by atoms with van der Waals surface area (Å²) in [6, 6.07) is 17.5. The van der Waals surface area contributed by atoms with Crippen LogP contribution < -0.4 is 5.32 Å². The number of aryl methyl sites for hydroxylation is 1. The molecule has 6 heteroatoms. The van der Waals surface area contributed by atoms with Gasteiger partial charge in [0.2, 0.25) is 5.91 Å². The van der Waals surface area contributed by atoms with E-state index in [0.717, 1.165) is 23.0 Å². The maximum Gasteiger partial charge on any atom is 0.270 e. The van der Waals surface area contributed by atoms with Crippen LogP contribution in [0.3, 0.4) is 0 Å². The molecule has 1 aliphatic heterocycles. The molecule has 0 spiro atoms. The smallest absolute Gasteiger partial charge is 0.270 e. The summed E-state index contributed by atoms with van der Waals surface area (Å²) in [6.07, 6.45) is 0.978. The molecule has 1 aliphatic rings. The lowest BCUT2D eigenvalue weighted by molar-refractivity contribution is -0.121. The molecule has 1 atom stereocenters. The van der Waals surface area contributed by atoms with Crippen molar-refractivity contribution in [3.63, 3.8) is 0 Å². The average molecular weight is 405 g/mol. The number of nitrogens with zero attached hydrogens (tertiary/aromatic N) is 2. The zero-order chi connectivity index (χ0) is 21.1. The maximum absolute atomic E-state index is 12.9. The van der Waals surface area contributed by atoms with Crippen molar-refractivity contribution in [2.24, 2.45) is 0 Å². The van der Waals surface area contributed by atoms with E-state index in [0.29, 0.717) is 31.9 Å². The second kappa shape index (κ2) is 8.71. The predicted molar refractivity (Wildman–Crippen MR) is 120 cm³/mol. The third-order valence-electron chi connectivity index (χ3n) is 5.92. The van der Waals surface area contributed by atoms with Crippen LogP contribution in [0.15, 0.2) is 54.6 Å². The molecule has 0 bridgehead atoms. The van der Waals surface area contributed by atoms with Gasteiger partial charge >= 0.3 is 0 Å². The third kappa shape index (κ3) is 4.24. The Kier molecular flexibility index (Phi) is 5.86. The Morgan fingerprint density at radius 2 is 1.73 bits per heavy atom. The largest absolute Gasteiger partial charge is 0.351 e. The average Bonchev–Trinajstić information content (AvgIpc) is 3.23. The fourth-order valence-electron chi connectivity index (χ4n) is 3.91. The van der Waals surface area contributed by atoms with E-state index in [9.17, 15) is 9.59 Å². The van der Waals surface area contributed by atoms with Crippen LogP contribution in [0.25, 0.3) is 10.9 Å². The first kappa shape index (κ1) is 20.2. The molecule has 2 aromatic carbocycles. The third-order valence-corrected chi connectivity index (χ3v) is 5.92. The zero-order valence-corrected chi connectivity index (χ0v) is 17.5. The molecule has 1 unspecified atom stereocenters. The van der Waals surface area contributed by atoms with E-state index in [4.69, 9.17) is 0 Å². The summed E-state index contributed by atoms with van der Waals surface area (Å²) in [4.78, 5) is 32.7. The number of rotatable bonds is 5. The maximum atomic E-state index is 12.9. The van der Waals surface area contributed by atoms with Crippen LogP contribution in [0.5, 0.6) is 0 Å². The highest BCUT2D eigenvalue weighted by atomic mass is 16.2. The summed E-state index contributed by atoms with van der Waals surface area (Å²) < 4.78 is 0. The van der Waals surface area contributed by atoms with Crippen molar-refractivity contribution in [1.29, 1.82) is 0 Å². The van der Waals surface area contributed by atoms with Gasteiger partial charge in [-0.2, -0.15) is 0 Å². The van der Waals surface area contributed by atoms with Gasteiger partial charge in [0.15, 0.2) is 0 Å². The highest BCUT2D eigenvalue weighted by molar-refractivity contribution is 5.98. The normalized spacial score (nSPS) is 15.9. The summed E-state index contributed by atoms with van der Waals surface area (Å²) in [5, 5.41) is 4.04. The minimum Gasteiger partial charge on any atom is -0.351 e. The number of para-hydroxylation sites is 1. The summed E-state index contributed by atoms with van der Waals surface area (Å²) in [5.41, 5.74) is 3.65. The van der Waals surface area contributed by atoms with Crippen LogP contribution in [0.2, 0.25) is 0 Å². The molecule has 2 heterocycles. The van der Waals surface area contributed by atoms with Gasteiger partial charge in [0.25, 0.3) is 5.91 Å². The molecule has 2 N–H and O–H groups in total. The SMILES string of the molecule is CCc1ccc(NC(=O)C(C)N2CCN(C(=O)c3cc4ccccc4[nH]3)CC2)cc1. The van der Waals surface area contributed by atoms with Gasteiger partial charge in [-0.15, -0.1) is 0 Å². The molecule has 0 aliphatic carbocycles. The van der Waals surface area contributed by atoms with Gasteiger partial charge in [-0.25, -0.2) is 0 Å². The summed E-state index contributed by atoms with van der Waals surface area (Å²) in [7, 11) is 0. The van der Waals surface area contributed by atoms with Gasteiger partial charge in [-0.05, 0) is 43.2 Å². The van der Waals surface area contributed by atoms with Crippen molar-refractivity contribution in [3.05, 3.63) is 65.9 Å². The van der Waals surface area contributed by atoms with Crippen LogP contribution in [-0.2, 0) is 11.2 Å². The number of piperazine rings is 1. The number of carbonyl (C=O) groups is 2. The number of hydrogen-bond donors (Lipinski definition) is 2. The Morgan fingerprint density at radius 3 is 2.40 bits per heavy atom. The predicted octanol–water partition coefficient (Wildman–Crippen LogP) is 3.52. The van der Waals surface area contributed by atoms with Crippen LogP contribution >= 0.6 is 0 Å². The lowest BCUT2D eigenvalue weighted by Crippen LogP contribution is -2.54. The fraction of sp³-hybridized carbons (Fsp3) is 0.333. The molecule has 156 valence electrons. The summed E-state index contributed by atoms with van der Waals surface area (Å²) >= 11 is 0. The van der Waals surface area contributed by atoms with Gasteiger partial charge < -0.3 is 15.2 Å². The molecule has 3 aromatic rings. The van der Waals surface area contributed by atoms with Crippen molar-refractivity contribution in [2.75, 3.05) is 31.5 Å². The Bertz CT molecular complexity index is 1000. The minimum absolute atomic E-state index is 0.0129. The first-order chi connectivity index (χ1) is 14.5. The van der Waals surface area contributed by atoms with Gasteiger partial charge in [-0.3, -0.25) is 14.5 Å². The van der Waals surface area contributed by atoms with Gasteiger partial charge in [0.05, 0.1) is 6.04 Å². The molecular formula is C24H28N4O2. The molecule has 2 amide bonds. The van der Waals surface area contributed by atoms with Crippen LogP contribution in [0.1, 0.15) is 29.9 Å². The van der Waals surface area contributed by atoms with E-state index in [2.05, 4.69) is 22.1 Å². The number of fused-ring (bicyclic) bond motifs is 1. The van der Waals surface area contributed by atoms with Crippen molar-refractivity contribution in [3.8, 4) is 0 Å². The number of hydrogen-bond acceptors (Lipinski definition) is 3. The number of carbonyl (C=O) groups excluding carboxylic acids is 2. The van der Waals surface area contributed by atoms with Gasteiger partial charge in [0, 0.05) is 42.8 Å². The number of nitrogens with one attached hydrogen (secondary N) is 2. The van der Waals surface area contributed by atoms with Gasteiger partial charge in [0.1, 0.15) is 5.69 Å². The second-order valence-corrected chi connectivity index (χ2v) is 7.81. The Labute approximate surface area is 176 Å². The zero-order valence-electron chi connectivity index (χ0n) is 17.5. The van der Waals surface area contributed by atoms with E-state index >= 15 is 0 Å². The standard InChI is InChI=1S/C24H28N4O2/c1-3-18-8-10-20(11-9-18)25-23(29)17(2)27-12-14-28(15-13-27)24(30)22-16-19-6-4-5-7-21(19)26-22/h4-11,16-17,26H,3,12-15H2,1-2H3,(H,25,29). The molecule has 1 saturated heterocycles. The summed E-state index contributed by atoms with van der Waals surface area (Å²) in [5.74, 6) is -0.00592. The minimum atomic E-state index is -0.249. The molecular weight excluding hydrogens is 376 g/mol. The number of H-pyrrole nitrogens is 1. The molecule has 1 aromatic heterocycles. The van der Waals surface area contributed by atoms with E-state index in [1.165, 1.54) is 5.56 Å². The number of aromatic amines is 1. The van der Waals surface area contributed by atoms with Crippen molar-refractivity contribution in [2.45, 2.75) is 26.3 Å². The monoisotopic (exact) mass is 404 g/mol. The molecule has 0 saturated carbocycles. The van der Waals surface area contributed by atoms with Crippen LogP contribution in [-0.4, -0.2) is 58.8 Å².